The van der Waals surface area contributed by atoms with Crippen LogP contribution in [-0.2, 0) is 25.6 Å². The fraction of sp³-hybridized carbons (Fsp3) is 0.462. The van der Waals surface area contributed by atoms with Gasteiger partial charge in [0.1, 0.15) is 12.7 Å². The van der Waals surface area contributed by atoms with Gasteiger partial charge in [-0.15, -0.1) is 0 Å². The second kappa shape index (κ2) is 5.91. The van der Waals surface area contributed by atoms with Crippen LogP contribution in [0.25, 0.3) is 0 Å². The number of hydrogen-bond donors (Lipinski definition) is 0. The molecule has 0 spiro atoms. The molecule has 1 aromatic carbocycles. The lowest BCUT2D eigenvalue weighted by Crippen LogP contribution is -2.41. The second-order valence-electron chi connectivity index (χ2n) is 3.97. The van der Waals surface area contributed by atoms with E-state index in [1.807, 2.05) is 30.3 Å². The van der Waals surface area contributed by atoms with Crippen molar-refractivity contribution in [3.63, 3.8) is 0 Å². The van der Waals surface area contributed by atoms with Crippen molar-refractivity contribution in [2.45, 2.75) is 25.9 Å². The number of rotatable bonds is 4. The van der Waals surface area contributed by atoms with Crippen LogP contribution in [0.4, 0.5) is 0 Å². The largest absolute Gasteiger partial charge is 0.374 e. The minimum atomic E-state index is -0.498. The third-order valence-electron chi connectivity index (χ3n) is 2.56. The highest BCUT2D eigenvalue weighted by Gasteiger charge is 2.27. The maximum absolute atomic E-state index is 11.5. The number of carbonyl (C=O) groups is 1. The SMILES string of the molecule is C[C@@H]1OCC(=O)[C@@H](COCc2ccccc2)O1. The van der Waals surface area contributed by atoms with Gasteiger partial charge in [0.2, 0.25) is 0 Å². The van der Waals surface area contributed by atoms with Crippen LogP contribution in [0.15, 0.2) is 30.3 Å². The fourth-order valence-electron chi connectivity index (χ4n) is 1.63. The Labute approximate surface area is 100 Å². The highest BCUT2D eigenvalue weighted by Crippen LogP contribution is 2.10. The standard InChI is InChI=1S/C13H16O4/c1-10-16-8-12(14)13(17-10)9-15-7-11-5-3-2-4-6-11/h2-6,10,13H,7-9H2,1H3/t10-,13-/m1/s1. The van der Waals surface area contributed by atoms with E-state index in [1.165, 1.54) is 0 Å². The van der Waals surface area contributed by atoms with Gasteiger partial charge >= 0.3 is 0 Å². The molecule has 0 unspecified atom stereocenters. The van der Waals surface area contributed by atoms with Crippen LogP contribution in [0.2, 0.25) is 0 Å². The van der Waals surface area contributed by atoms with Crippen molar-refractivity contribution >= 4 is 5.78 Å². The van der Waals surface area contributed by atoms with Gasteiger partial charge in [0, 0.05) is 0 Å². The van der Waals surface area contributed by atoms with Crippen molar-refractivity contribution < 1.29 is 19.0 Å². The molecule has 1 saturated heterocycles. The van der Waals surface area contributed by atoms with Crippen LogP contribution in [0.5, 0.6) is 0 Å². The first-order valence-corrected chi connectivity index (χ1v) is 5.67. The van der Waals surface area contributed by atoms with Crippen LogP contribution in [0.3, 0.4) is 0 Å². The first-order chi connectivity index (χ1) is 8.25. The molecule has 0 radical (unpaired) electrons. The minimum absolute atomic E-state index is 0.0591. The van der Waals surface area contributed by atoms with E-state index in [1.54, 1.807) is 6.92 Å². The average molecular weight is 236 g/mol. The summed E-state index contributed by atoms with van der Waals surface area (Å²) in [6, 6.07) is 9.83. The Bertz CT molecular complexity index is 363. The van der Waals surface area contributed by atoms with Gasteiger partial charge in [-0.1, -0.05) is 30.3 Å². The maximum atomic E-state index is 11.5. The monoisotopic (exact) mass is 236 g/mol. The first-order valence-electron chi connectivity index (χ1n) is 5.67. The van der Waals surface area contributed by atoms with Crippen LogP contribution in [0, 0.1) is 0 Å². The van der Waals surface area contributed by atoms with Crippen LogP contribution in [-0.4, -0.2) is 31.4 Å². The van der Waals surface area contributed by atoms with E-state index in [2.05, 4.69) is 0 Å². The van der Waals surface area contributed by atoms with E-state index >= 15 is 0 Å². The average Bonchev–Trinajstić information content (AvgIpc) is 2.35. The molecule has 0 N–H and O–H groups in total. The molecule has 1 aliphatic heterocycles. The molecular formula is C13H16O4. The molecule has 1 aliphatic rings. The minimum Gasteiger partial charge on any atom is -0.374 e. The Morgan fingerprint density at radius 1 is 1.35 bits per heavy atom. The van der Waals surface area contributed by atoms with Crippen molar-refractivity contribution in [1.29, 1.82) is 0 Å². The topological polar surface area (TPSA) is 44.8 Å². The van der Waals surface area contributed by atoms with Gasteiger partial charge in [-0.25, -0.2) is 0 Å². The van der Waals surface area contributed by atoms with Gasteiger partial charge in [0.15, 0.2) is 12.1 Å². The van der Waals surface area contributed by atoms with E-state index in [4.69, 9.17) is 14.2 Å². The van der Waals surface area contributed by atoms with Crippen molar-refractivity contribution in [1.82, 2.24) is 0 Å². The molecule has 0 aromatic heterocycles. The molecule has 0 amide bonds. The van der Waals surface area contributed by atoms with Crippen LogP contribution in [0.1, 0.15) is 12.5 Å². The Hall–Kier alpha value is -1.23. The Balaban J connectivity index is 1.76. The van der Waals surface area contributed by atoms with E-state index in [-0.39, 0.29) is 25.3 Å². The highest BCUT2D eigenvalue weighted by atomic mass is 16.7. The summed E-state index contributed by atoms with van der Waals surface area (Å²) in [5.41, 5.74) is 1.08. The predicted octanol–water partition coefficient (Wildman–Crippen LogP) is 1.53. The highest BCUT2D eigenvalue weighted by molar-refractivity contribution is 5.84. The molecular weight excluding hydrogens is 220 g/mol. The zero-order chi connectivity index (χ0) is 12.1. The lowest BCUT2D eigenvalue weighted by molar-refractivity contribution is -0.210. The molecule has 1 heterocycles. The van der Waals surface area contributed by atoms with Gasteiger partial charge in [0.25, 0.3) is 0 Å². The number of ketones is 1. The normalized spacial score (nSPS) is 24.9. The van der Waals surface area contributed by atoms with Gasteiger partial charge < -0.3 is 14.2 Å². The molecule has 4 heteroatoms. The Morgan fingerprint density at radius 3 is 2.88 bits per heavy atom. The molecule has 4 nitrogen and oxygen atoms in total. The molecule has 1 fully saturated rings. The summed E-state index contributed by atoms with van der Waals surface area (Å²) in [4.78, 5) is 11.5. The first kappa shape index (κ1) is 12.2. The Kier molecular flexibility index (Phi) is 4.25. The molecule has 1 aromatic rings. The van der Waals surface area contributed by atoms with Gasteiger partial charge in [-0.2, -0.15) is 0 Å². The third-order valence-corrected chi connectivity index (χ3v) is 2.56. The third kappa shape index (κ3) is 3.63. The Morgan fingerprint density at radius 2 is 2.12 bits per heavy atom. The quantitative estimate of drug-likeness (QED) is 0.795. The van der Waals surface area contributed by atoms with Gasteiger partial charge in [0.05, 0.1) is 13.2 Å². The maximum Gasteiger partial charge on any atom is 0.189 e. The molecule has 2 rings (SSSR count). The predicted molar refractivity (Wildman–Crippen MR) is 61.4 cm³/mol. The van der Waals surface area contributed by atoms with Gasteiger partial charge in [-0.05, 0) is 12.5 Å². The van der Waals surface area contributed by atoms with Crippen molar-refractivity contribution in [2.24, 2.45) is 0 Å². The number of hydrogen-bond acceptors (Lipinski definition) is 4. The number of carbonyl (C=O) groups excluding carboxylic acids is 1. The molecule has 17 heavy (non-hydrogen) atoms. The summed E-state index contributed by atoms with van der Waals surface area (Å²) in [6.45, 7) is 2.65. The second-order valence-corrected chi connectivity index (χ2v) is 3.97. The smallest absolute Gasteiger partial charge is 0.189 e. The summed E-state index contributed by atoms with van der Waals surface area (Å²) in [5, 5.41) is 0. The molecule has 0 aliphatic carbocycles. The molecule has 92 valence electrons. The number of Topliss-reactive ketones (excluding diaryl/α,β-unsaturated/α-hetero) is 1. The number of ether oxygens (including phenoxy) is 3. The summed E-state index contributed by atoms with van der Waals surface area (Å²) < 4.78 is 15.9. The lowest BCUT2D eigenvalue weighted by atomic mass is 10.2. The van der Waals surface area contributed by atoms with Crippen molar-refractivity contribution in [3.05, 3.63) is 35.9 Å². The number of benzene rings is 1. The summed E-state index contributed by atoms with van der Waals surface area (Å²) in [7, 11) is 0. The molecule has 0 saturated carbocycles. The summed E-state index contributed by atoms with van der Waals surface area (Å²) in [5.74, 6) is -0.0591. The zero-order valence-corrected chi connectivity index (χ0v) is 9.80. The molecule has 0 bridgehead atoms. The summed E-state index contributed by atoms with van der Waals surface area (Å²) >= 11 is 0. The van der Waals surface area contributed by atoms with Crippen molar-refractivity contribution in [3.8, 4) is 0 Å². The lowest BCUT2D eigenvalue weighted by Gasteiger charge is -2.26. The van der Waals surface area contributed by atoms with Crippen LogP contribution >= 0.6 is 0 Å². The van der Waals surface area contributed by atoms with Gasteiger partial charge in [-0.3, -0.25) is 4.79 Å². The van der Waals surface area contributed by atoms with E-state index < -0.39 is 6.10 Å². The summed E-state index contributed by atoms with van der Waals surface area (Å²) in [6.07, 6.45) is -0.833. The van der Waals surface area contributed by atoms with Crippen LogP contribution < -0.4 is 0 Å². The van der Waals surface area contributed by atoms with Crippen molar-refractivity contribution in [2.75, 3.05) is 13.2 Å². The molecule has 2 atom stereocenters. The van der Waals surface area contributed by atoms with E-state index in [9.17, 15) is 4.79 Å². The van der Waals surface area contributed by atoms with E-state index in [0.29, 0.717) is 6.61 Å². The van der Waals surface area contributed by atoms with E-state index in [0.717, 1.165) is 5.56 Å². The fourth-order valence-corrected chi connectivity index (χ4v) is 1.63. The zero-order valence-electron chi connectivity index (χ0n) is 9.80.